The van der Waals surface area contributed by atoms with Crippen LogP contribution in [0.5, 0.6) is 5.75 Å². The third kappa shape index (κ3) is 4.49. The van der Waals surface area contributed by atoms with Crippen LogP contribution in [-0.2, 0) is 24.3 Å². The highest BCUT2D eigenvalue weighted by Crippen LogP contribution is 2.31. The predicted octanol–water partition coefficient (Wildman–Crippen LogP) is 0.880. The highest BCUT2D eigenvalue weighted by atomic mass is 32.2. The summed E-state index contributed by atoms with van der Waals surface area (Å²) >= 11 is 0. The van der Waals surface area contributed by atoms with E-state index in [0.717, 1.165) is 19.4 Å². The lowest BCUT2D eigenvalue weighted by Crippen LogP contribution is -2.34. The molecular weight excluding hydrogens is 348 g/mol. The standard InChI is InChI=1S/C16H22N2O6S/c1-11-16(19)18-14-9-13(4-5-15(14)24-11)25(20,21)17-6-8-22-10-12-3-2-7-23-12/h4-5,9,11-12,17H,2-3,6-8,10H2,1H3,(H,18,19)/t11-,12+/m0/s1. The molecule has 0 unspecified atom stereocenters. The van der Waals surface area contributed by atoms with Crippen molar-refractivity contribution >= 4 is 21.6 Å². The number of hydrogen-bond donors (Lipinski definition) is 2. The minimum absolute atomic E-state index is 0.0591. The van der Waals surface area contributed by atoms with E-state index in [4.69, 9.17) is 14.2 Å². The van der Waals surface area contributed by atoms with Crippen LogP contribution in [0.4, 0.5) is 5.69 Å². The lowest BCUT2D eigenvalue weighted by Gasteiger charge is -2.23. The molecule has 0 saturated carbocycles. The molecule has 0 radical (unpaired) electrons. The van der Waals surface area contributed by atoms with E-state index < -0.39 is 16.1 Å². The Hall–Kier alpha value is -1.68. The fourth-order valence-electron chi connectivity index (χ4n) is 2.68. The van der Waals surface area contributed by atoms with Crippen molar-refractivity contribution in [2.75, 3.05) is 31.7 Å². The van der Waals surface area contributed by atoms with Gasteiger partial charge in [0, 0.05) is 13.2 Å². The van der Waals surface area contributed by atoms with Crippen LogP contribution in [0.25, 0.3) is 0 Å². The van der Waals surface area contributed by atoms with Crippen LogP contribution in [0, 0.1) is 0 Å². The molecule has 2 N–H and O–H groups in total. The molecule has 2 atom stereocenters. The van der Waals surface area contributed by atoms with Crippen LogP contribution in [0.15, 0.2) is 23.1 Å². The summed E-state index contributed by atoms with van der Waals surface area (Å²) in [5.74, 6) is 0.142. The number of amides is 1. The van der Waals surface area contributed by atoms with Crippen LogP contribution in [0.3, 0.4) is 0 Å². The van der Waals surface area contributed by atoms with Gasteiger partial charge in [-0.3, -0.25) is 4.79 Å². The minimum atomic E-state index is -3.69. The second-order valence-corrected chi connectivity index (χ2v) is 7.78. The highest BCUT2D eigenvalue weighted by Gasteiger charge is 2.25. The van der Waals surface area contributed by atoms with Crippen LogP contribution in [-0.4, -0.2) is 52.9 Å². The molecular formula is C16H22N2O6S. The fourth-order valence-corrected chi connectivity index (χ4v) is 3.72. The van der Waals surface area contributed by atoms with Crippen molar-refractivity contribution in [2.24, 2.45) is 0 Å². The Morgan fingerprint density at radius 3 is 3.00 bits per heavy atom. The number of nitrogens with one attached hydrogen (secondary N) is 2. The normalized spacial score (nSPS) is 23.0. The zero-order valence-corrected chi connectivity index (χ0v) is 14.8. The second kappa shape index (κ2) is 7.69. The summed E-state index contributed by atoms with van der Waals surface area (Å²) in [6, 6.07) is 4.36. The van der Waals surface area contributed by atoms with Crippen LogP contribution in [0.1, 0.15) is 19.8 Å². The smallest absolute Gasteiger partial charge is 0.265 e. The molecule has 0 spiro atoms. The molecule has 138 valence electrons. The van der Waals surface area contributed by atoms with E-state index in [9.17, 15) is 13.2 Å². The SMILES string of the molecule is C[C@@H]1Oc2ccc(S(=O)(=O)NCCOC[C@H]3CCCO3)cc2NC1=O. The Labute approximate surface area is 146 Å². The maximum atomic E-state index is 12.3. The van der Waals surface area contributed by atoms with Gasteiger partial charge in [-0.1, -0.05) is 0 Å². The van der Waals surface area contributed by atoms with E-state index in [1.807, 2.05) is 0 Å². The van der Waals surface area contributed by atoms with Gasteiger partial charge < -0.3 is 19.5 Å². The molecule has 2 aliphatic rings. The van der Waals surface area contributed by atoms with Crippen molar-refractivity contribution in [1.82, 2.24) is 4.72 Å². The molecule has 0 bridgehead atoms. The molecule has 1 aromatic carbocycles. The van der Waals surface area contributed by atoms with Crippen molar-refractivity contribution in [1.29, 1.82) is 0 Å². The Bertz CT molecular complexity index is 730. The van der Waals surface area contributed by atoms with E-state index in [2.05, 4.69) is 10.0 Å². The quantitative estimate of drug-likeness (QED) is 0.691. The number of benzene rings is 1. The maximum absolute atomic E-state index is 12.3. The van der Waals surface area contributed by atoms with Gasteiger partial charge in [-0.25, -0.2) is 13.1 Å². The predicted molar refractivity (Wildman–Crippen MR) is 90.1 cm³/mol. The third-order valence-electron chi connectivity index (χ3n) is 4.06. The fraction of sp³-hybridized carbons (Fsp3) is 0.562. The molecule has 0 aliphatic carbocycles. The van der Waals surface area contributed by atoms with Gasteiger partial charge in [0.15, 0.2) is 6.10 Å². The average Bonchev–Trinajstić information content (AvgIpc) is 3.08. The molecule has 8 nitrogen and oxygen atoms in total. The van der Waals surface area contributed by atoms with Gasteiger partial charge >= 0.3 is 0 Å². The summed E-state index contributed by atoms with van der Waals surface area (Å²) in [7, 11) is -3.69. The highest BCUT2D eigenvalue weighted by molar-refractivity contribution is 7.89. The summed E-state index contributed by atoms with van der Waals surface area (Å²) in [5, 5.41) is 2.64. The lowest BCUT2D eigenvalue weighted by atomic mass is 10.2. The molecule has 2 heterocycles. The average molecular weight is 370 g/mol. The number of rotatable bonds is 7. The summed E-state index contributed by atoms with van der Waals surface area (Å²) in [5.41, 5.74) is 0.348. The summed E-state index contributed by atoms with van der Waals surface area (Å²) in [6.07, 6.45) is 1.53. The summed E-state index contributed by atoms with van der Waals surface area (Å²) < 4.78 is 43.4. The molecule has 25 heavy (non-hydrogen) atoms. The zero-order chi connectivity index (χ0) is 17.9. The van der Waals surface area contributed by atoms with Crippen LogP contribution < -0.4 is 14.8 Å². The van der Waals surface area contributed by atoms with Gasteiger partial charge in [-0.15, -0.1) is 0 Å². The first-order valence-corrected chi connectivity index (χ1v) is 9.74. The third-order valence-corrected chi connectivity index (χ3v) is 5.52. The Balaban J connectivity index is 1.53. The zero-order valence-electron chi connectivity index (χ0n) is 14.0. The van der Waals surface area contributed by atoms with Crippen LogP contribution >= 0.6 is 0 Å². The summed E-state index contributed by atoms with van der Waals surface area (Å²) in [6.45, 7) is 3.29. The van der Waals surface area contributed by atoms with Gasteiger partial charge in [0.25, 0.3) is 5.91 Å². The number of hydrogen-bond acceptors (Lipinski definition) is 6. The topological polar surface area (TPSA) is 103 Å². The monoisotopic (exact) mass is 370 g/mol. The van der Waals surface area contributed by atoms with Gasteiger partial charge in [-0.05, 0) is 38.0 Å². The van der Waals surface area contributed by atoms with Crippen LogP contribution in [0.2, 0.25) is 0 Å². The van der Waals surface area contributed by atoms with E-state index in [-0.39, 0.29) is 30.1 Å². The number of carbonyl (C=O) groups is 1. The number of sulfonamides is 1. The molecule has 9 heteroatoms. The van der Waals surface area contributed by atoms with Crippen molar-refractivity contribution in [3.8, 4) is 5.75 Å². The largest absolute Gasteiger partial charge is 0.479 e. The van der Waals surface area contributed by atoms with E-state index in [1.165, 1.54) is 18.2 Å². The molecule has 1 fully saturated rings. The molecule has 1 saturated heterocycles. The molecule has 1 amide bonds. The molecule has 3 rings (SSSR count). The molecule has 1 aromatic rings. The van der Waals surface area contributed by atoms with Crippen molar-refractivity contribution in [3.05, 3.63) is 18.2 Å². The van der Waals surface area contributed by atoms with E-state index in [1.54, 1.807) is 6.92 Å². The Kier molecular flexibility index (Phi) is 5.57. The number of fused-ring (bicyclic) bond motifs is 1. The maximum Gasteiger partial charge on any atom is 0.265 e. The first-order valence-electron chi connectivity index (χ1n) is 8.26. The van der Waals surface area contributed by atoms with E-state index in [0.29, 0.717) is 18.0 Å². The molecule has 0 aromatic heterocycles. The van der Waals surface area contributed by atoms with Crippen molar-refractivity contribution in [3.63, 3.8) is 0 Å². The first kappa shape index (κ1) is 18.1. The van der Waals surface area contributed by atoms with Crippen molar-refractivity contribution < 1.29 is 27.4 Å². The summed E-state index contributed by atoms with van der Waals surface area (Å²) in [4.78, 5) is 11.7. The lowest BCUT2D eigenvalue weighted by molar-refractivity contribution is -0.122. The first-order chi connectivity index (χ1) is 12.0. The van der Waals surface area contributed by atoms with Gasteiger partial charge in [0.05, 0.1) is 29.9 Å². The number of anilines is 1. The Morgan fingerprint density at radius 2 is 2.24 bits per heavy atom. The Morgan fingerprint density at radius 1 is 1.40 bits per heavy atom. The van der Waals surface area contributed by atoms with Gasteiger partial charge in [-0.2, -0.15) is 0 Å². The van der Waals surface area contributed by atoms with E-state index >= 15 is 0 Å². The van der Waals surface area contributed by atoms with Gasteiger partial charge in [0.1, 0.15) is 5.75 Å². The second-order valence-electron chi connectivity index (χ2n) is 6.02. The minimum Gasteiger partial charge on any atom is -0.479 e. The number of carbonyl (C=O) groups excluding carboxylic acids is 1. The number of ether oxygens (including phenoxy) is 3. The molecule has 2 aliphatic heterocycles. The van der Waals surface area contributed by atoms with Crippen molar-refractivity contribution in [2.45, 2.75) is 36.9 Å². The van der Waals surface area contributed by atoms with Gasteiger partial charge in [0.2, 0.25) is 10.0 Å².